The lowest BCUT2D eigenvalue weighted by Crippen LogP contribution is -2.18. The third-order valence-corrected chi connectivity index (χ3v) is 2.09. The summed E-state index contributed by atoms with van der Waals surface area (Å²) in [6.07, 6.45) is 4.31. The number of aliphatic hydroxyl groups excluding tert-OH is 1. The third kappa shape index (κ3) is 3.75. The van der Waals surface area contributed by atoms with Crippen LogP contribution in [0.2, 0.25) is 0 Å². The first-order valence-electron chi connectivity index (χ1n) is 4.72. The van der Waals surface area contributed by atoms with Gasteiger partial charge in [0.1, 0.15) is 0 Å². The van der Waals surface area contributed by atoms with Gasteiger partial charge in [-0.25, -0.2) is 0 Å². The molecule has 68 valence electrons. The summed E-state index contributed by atoms with van der Waals surface area (Å²) in [6.45, 7) is 3.62. The molecule has 0 unspecified atom stereocenters. The number of aliphatic hydroxyl groups is 1. The third-order valence-electron chi connectivity index (χ3n) is 2.09. The lowest BCUT2D eigenvalue weighted by Gasteiger charge is -2.08. The molecule has 2 nitrogen and oxygen atoms in total. The van der Waals surface area contributed by atoms with Gasteiger partial charge in [-0.05, 0) is 32.4 Å². The van der Waals surface area contributed by atoms with Gasteiger partial charge in [0, 0.05) is 13.0 Å². The van der Waals surface area contributed by atoms with Crippen LogP contribution >= 0.6 is 0 Å². The first kappa shape index (κ1) is 9.57. The highest BCUT2D eigenvalue weighted by molar-refractivity contribution is 5.01. The van der Waals surface area contributed by atoms with E-state index in [0.717, 1.165) is 19.4 Å². The van der Waals surface area contributed by atoms with Gasteiger partial charge in [-0.2, -0.15) is 0 Å². The first-order chi connectivity index (χ1) is 5.93. The fourth-order valence-corrected chi connectivity index (χ4v) is 1.36. The maximum atomic E-state index is 8.50. The molecule has 0 atom stereocenters. The summed E-state index contributed by atoms with van der Waals surface area (Å²) in [7, 11) is 0. The van der Waals surface area contributed by atoms with Crippen molar-refractivity contribution >= 4 is 0 Å². The summed E-state index contributed by atoms with van der Waals surface area (Å²) in [5, 5.41) is 8.50. The zero-order valence-corrected chi connectivity index (χ0v) is 7.55. The molecule has 12 heavy (non-hydrogen) atoms. The fraction of sp³-hybridized carbons (Fsp3) is 0.800. The van der Waals surface area contributed by atoms with Gasteiger partial charge in [-0.3, -0.25) is 4.90 Å². The summed E-state index contributed by atoms with van der Waals surface area (Å²) in [4.78, 5) is 2.38. The van der Waals surface area contributed by atoms with Crippen LogP contribution in [0.3, 0.4) is 0 Å². The normalized spacial score (nSPS) is 17.4. The zero-order valence-electron chi connectivity index (χ0n) is 7.55. The van der Waals surface area contributed by atoms with E-state index in [4.69, 9.17) is 5.11 Å². The van der Waals surface area contributed by atoms with E-state index < -0.39 is 0 Å². The molecule has 0 spiro atoms. The van der Waals surface area contributed by atoms with Crippen molar-refractivity contribution in [2.24, 2.45) is 0 Å². The maximum absolute atomic E-state index is 8.50. The molecule has 0 aromatic rings. The van der Waals surface area contributed by atoms with Gasteiger partial charge in [-0.1, -0.05) is 5.92 Å². The van der Waals surface area contributed by atoms with Crippen molar-refractivity contribution in [3.8, 4) is 11.8 Å². The second kappa shape index (κ2) is 6.05. The minimum atomic E-state index is 0.262. The van der Waals surface area contributed by atoms with Gasteiger partial charge in [-0.15, -0.1) is 5.92 Å². The van der Waals surface area contributed by atoms with Crippen LogP contribution in [0.1, 0.15) is 25.7 Å². The van der Waals surface area contributed by atoms with Crippen LogP contribution in [-0.2, 0) is 0 Å². The van der Waals surface area contributed by atoms with Gasteiger partial charge in [0.25, 0.3) is 0 Å². The van der Waals surface area contributed by atoms with E-state index in [1.165, 1.54) is 25.9 Å². The molecule has 0 aromatic carbocycles. The molecule has 0 saturated carbocycles. The summed E-state index contributed by atoms with van der Waals surface area (Å²) in [5.41, 5.74) is 0. The van der Waals surface area contributed by atoms with Crippen molar-refractivity contribution in [1.82, 2.24) is 4.90 Å². The Balaban J connectivity index is 2.01. The molecule has 1 rings (SSSR count). The smallest absolute Gasteiger partial charge is 0.0601 e. The molecule has 1 heterocycles. The van der Waals surface area contributed by atoms with Gasteiger partial charge in [0.05, 0.1) is 6.54 Å². The quantitative estimate of drug-likeness (QED) is 0.498. The van der Waals surface area contributed by atoms with Crippen LogP contribution in [0.4, 0.5) is 0 Å². The molecule has 0 aliphatic carbocycles. The van der Waals surface area contributed by atoms with Crippen LogP contribution in [0.25, 0.3) is 0 Å². The van der Waals surface area contributed by atoms with Crippen LogP contribution in [0, 0.1) is 11.8 Å². The monoisotopic (exact) mass is 167 g/mol. The van der Waals surface area contributed by atoms with Gasteiger partial charge in [0.15, 0.2) is 0 Å². The highest BCUT2D eigenvalue weighted by atomic mass is 16.2. The Labute approximate surface area is 74.6 Å². The molecule has 1 N–H and O–H groups in total. The van der Waals surface area contributed by atoms with E-state index in [1.54, 1.807) is 0 Å². The SMILES string of the molecule is OCCCC#CCN1CCCC1. The Hall–Kier alpha value is -0.520. The van der Waals surface area contributed by atoms with Crippen molar-refractivity contribution in [3.05, 3.63) is 0 Å². The maximum Gasteiger partial charge on any atom is 0.0601 e. The van der Waals surface area contributed by atoms with Crippen molar-refractivity contribution in [2.45, 2.75) is 25.7 Å². The minimum Gasteiger partial charge on any atom is -0.396 e. The van der Waals surface area contributed by atoms with E-state index in [1.807, 2.05) is 0 Å². The lowest BCUT2D eigenvalue weighted by atomic mass is 10.3. The van der Waals surface area contributed by atoms with Gasteiger partial charge in [0.2, 0.25) is 0 Å². The van der Waals surface area contributed by atoms with Crippen LogP contribution < -0.4 is 0 Å². The standard InChI is InChI=1S/C10H17NO/c12-10-6-2-1-3-7-11-8-4-5-9-11/h12H,2,4-10H2. The molecule has 0 radical (unpaired) electrons. The van der Waals surface area contributed by atoms with Crippen molar-refractivity contribution in [3.63, 3.8) is 0 Å². The molecule has 0 aromatic heterocycles. The van der Waals surface area contributed by atoms with E-state index in [2.05, 4.69) is 16.7 Å². The Morgan fingerprint density at radius 2 is 1.92 bits per heavy atom. The molecular formula is C10H17NO. The molecular weight excluding hydrogens is 150 g/mol. The highest BCUT2D eigenvalue weighted by Gasteiger charge is 2.08. The Morgan fingerprint density at radius 3 is 2.58 bits per heavy atom. The van der Waals surface area contributed by atoms with Gasteiger partial charge < -0.3 is 5.11 Å². The largest absolute Gasteiger partial charge is 0.396 e. The zero-order chi connectivity index (χ0) is 8.65. The van der Waals surface area contributed by atoms with Crippen LogP contribution in [-0.4, -0.2) is 36.2 Å². The van der Waals surface area contributed by atoms with E-state index >= 15 is 0 Å². The summed E-state index contributed by atoms with van der Waals surface area (Å²) in [5.74, 6) is 6.19. The molecule has 2 heteroatoms. The molecule has 0 bridgehead atoms. The highest BCUT2D eigenvalue weighted by Crippen LogP contribution is 2.05. The van der Waals surface area contributed by atoms with E-state index in [-0.39, 0.29) is 6.61 Å². The number of rotatable bonds is 3. The minimum absolute atomic E-state index is 0.262. The lowest BCUT2D eigenvalue weighted by molar-refractivity contribution is 0.290. The number of likely N-dealkylation sites (tertiary alicyclic amines) is 1. The predicted octanol–water partition coefficient (Wildman–Crippen LogP) is 0.858. The van der Waals surface area contributed by atoms with Crippen molar-refractivity contribution in [2.75, 3.05) is 26.2 Å². The van der Waals surface area contributed by atoms with Crippen molar-refractivity contribution in [1.29, 1.82) is 0 Å². The molecule has 1 saturated heterocycles. The molecule has 1 fully saturated rings. The molecule has 1 aliphatic rings. The van der Waals surface area contributed by atoms with Crippen LogP contribution in [0.15, 0.2) is 0 Å². The molecule has 1 aliphatic heterocycles. The predicted molar refractivity (Wildman–Crippen MR) is 49.8 cm³/mol. The Morgan fingerprint density at radius 1 is 1.17 bits per heavy atom. The van der Waals surface area contributed by atoms with Gasteiger partial charge >= 0.3 is 0 Å². The van der Waals surface area contributed by atoms with Crippen molar-refractivity contribution < 1.29 is 5.11 Å². The average molecular weight is 167 g/mol. The Kier molecular flexibility index (Phi) is 4.82. The number of hydrogen-bond donors (Lipinski definition) is 1. The number of hydrogen-bond acceptors (Lipinski definition) is 2. The topological polar surface area (TPSA) is 23.5 Å². The summed E-state index contributed by atoms with van der Waals surface area (Å²) >= 11 is 0. The summed E-state index contributed by atoms with van der Waals surface area (Å²) in [6, 6.07) is 0. The average Bonchev–Trinajstić information content (AvgIpc) is 2.57. The fourth-order valence-electron chi connectivity index (χ4n) is 1.36. The van der Waals surface area contributed by atoms with Crippen LogP contribution in [0.5, 0.6) is 0 Å². The number of unbranched alkanes of at least 4 members (excludes halogenated alkanes) is 1. The summed E-state index contributed by atoms with van der Waals surface area (Å²) < 4.78 is 0. The van der Waals surface area contributed by atoms with E-state index in [0.29, 0.717) is 0 Å². The molecule has 0 amide bonds. The number of nitrogens with zero attached hydrogens (tertiary/aromatic N) is 1. The Bertz CT molecular complexity index is 162. The first-order valence-corrected chi connectivity index (χ1v) is 4.72. The second-order valence-corrected chi connectivity index (χ2v) is 3.16. The van der Waals surface area contributed by atoms with E-state index in [9.17, 15) is 0 Å². The second-order valence-electron chi connectivity index (χ2n) is 3.16.